The summed E-state index contributed by atoms with van der Waals surface area (Å²) in [6, 6.07) is 18.4. The van der Waals surface area contributed by atoms with Crippen LogP contribution in [0.1, 0.15) is 35.9 Å². The van der Waals surface area contributed by atoms with E-state index in [0.29, 0.717) is 6.42 Å². The van der Waals surface area contributed by atoms with Crippen LogP contribution in [0.5, 0.6) is 0 Å². The molecule has 5 nitrogen and oxygen atoms in total. The smallest absolute Gasteiger partial charge is 0.184 e. The molecule has 0 amide bonds. The SMILES string of the molecule is CC/C=C(/OCn1nnnc1Cc1ccccc1)c1ccccc1C. The Balaban J connectivity index is 1.73. The van der Waals surface area contributed by atoms with Crippen molar-refractivity contribution in [2.24, 2.45) is 0 Å². The van der Waals surface area contributed by atoms with Gasteiger partial charge in [0, 0.05) is 12.0 Å². The monoisotopic (exact) mass is 334 g/mol. The molecule has 1 aromatic heterocycles. The largest absolute Gasteiger partial charge is 0.471 e. The van der Waals surface area contributed by atoms with Crippen LogP contribution < -0.4 is 0 Å². The summed E-state index contributed by atoms with van der Waals surface area (Å²) in [5, 5.41) is 12.0. The summed E-state index contributed by atoms with van der Waals surface area (Å²) in [4.78, 5) is 0. The normalized spacial score (nSPS) is 11.5. The summed E-state index contributed by atoms with van der Waals surface area (Å²) in [6.45, 7) is 4.47. The van der Waals surface area contributed by atoms with E-state index in [4.69, 9.17) is 4.74 Å². The number of allylic oxidation sites excluding steroid dienone is 1. The van der Waals surface area contributed by atoms with Crippen molar-refractivity contribution in [2.75, 3.05) is 0 Å². The minimum atomic E-state index is 0.287. The van der Waals surface area contributed by atoms with Crippen molar-refractivity contribution in [3.05, 3.63) is 83.2 Å². The number of aromatic nitrogens is 4. The van der Waals surface area contributed by atoms with Crippen LogP contribution in [-0.4, -0.2) is 20.2 Å². The van der Waals surface area contributed by atoms with E-state index >= 15 is 0 Å². The van der Waals surface area contributed by atoms with Crippen LogP contribution in [0.3, 0.4) is 0 Å². The molecule has 0 unspecified atom stereocenters. The van der Waals surface area contributed by atoms with Crippen LogP contribution in [-0.2, 0) is 17.9 Å². The molecular formula is C20H22N4O. The van der Waals surface area contributed by atoms with Gasteiger partial charge in [-0.25, -0.2) is 0 Å². The van der Waals surface area contributed by atoms with Gasteiger partial charge in [0.05, 0.1) is 0 Å². The number of rotatable bonds is 7. The Kier molecular flexibility index (Phi) is 5.57. The van der Waals surface area contributed by atoms with Crippen molar-refractivity contribution >= 4 is 5.76 Å². The molecule has 0 radical (unpaired) electrons. The fraction of sp³-hybridized carbons (Fsp3) is 0.250. The summed E-state index contributed by atoms with van der Waals surface area (Å²) in [7, 11) is 0. The molecule has 0 bridgehead atoms. The summed E-state index contributed by atoms with van der Waals surface area (Å²) >= 11 is 0. The third-order valence-corrected chi connectivity index (χ3v) is 3.95. The minimum absolute atomic E-state index is 0.287. The first-order valence-corrected chi connectivity index (χ1v) is 8.46. The standard InChI is InChI=1S/C20H22N4O/c1-3-9-19(18-13-8-7-10-16(18)2)25-15-24-20(21-22-23-24)14-17-11-5-4-6-12-17/h4-13H,3,14-15H2,1-2H3/b19-9+. The lowest BCUT2D eigenvalue weighted by molar-refractivity contribution is 0.179. The molecule has 0 aliphatic rings. The molecule has 3 rings (SSSR count). The number of ether oxygens (including phenoxy) is 1. The molecule has 0 saturated carbocycles. The number of aryl methyl sites for hydroxylation is 1. The molecule has 0 N–H and O–H groups in total. The van der Waals surface area contributed by atoms with Crippen molar-refractivity contribution in [3.63, 3.8) is 0 Å². The number of benzene rings is 2. The van der Waals surface area contributed by atoms with Gasteiger partial charge in [-0.1, -0.05) is 61.5 Å². The molecule has 0 atom stereocenters. The topological polar surface area (TPSA) is 52.8 Å². The lowest BCUT2D eigenvalue weighted by Crippen LogP contribution is -2.09. The van der Waals surface area contributed by atoms with Crippen molar-refractivity contribution in [1.29, 1.82) is 0 Å². The zero-order valence-corrected chi connectivity index (χ0v) is 14.6. The first kappa shape index (κ1) is 16.9. The average molecular weight is 334 g/mol. The van der Waals surface area contributed by atoms with Gasteiger partial charge in [-0.15, -0.1) is 5.10 Å². The Labute approximate surface area is 148 Å². The van der Waals surface area contributed by atoms with E-state index in [-0.39, 0.29) is 6.73 Å². The highest BCUT2D eigenvalue weighted by molar-refractivity contribution is 5.62. The second-order valence-electron chi connectivity index (χ2n) is 5.82. The molecule has 128 valence electrons. The van der Waals surface area contributed by atoms with Crippen LogP contribution in [0.4, 0.5) is 0 Å². The van der Waals surface area contributed by atoms with E-state index in [9.17, 15) is 0 Å². The zero-order valence-electron chi connectivity index (χ0n) is 14.6. The second kappa shape index (κ2) is 8.24. The minimum Gasteiger partial charge on any atom is -0.471 e. The highest BCUT2D eigenvalue weighted by atomic mass is 16.5. The molecular weight excluding hydrogens is 312 g/mol. The van der Waals surface area contributed by atoms with E-state index in [1.54, 1.807) is 4.68 Å². The maximum Gasteiger partial charge on any atom is 0.184 e. The van der Waals surface area contributed by atoms with Gasteiger partial charge >= 0.3 is 0 Å². The Bertz CT molecular complexity index is 840. The van der Waals surface area contributed by atoms with Crippen molar-refractivity contribution < 1.29 is 4.74 Å². The predicted octanol–water partition coefficient (Wildman–Crippen LogP) is 4.00. The molecule has 0 spiro atoms. The first-order chi connectivity index (χ1) is 12.3. The van der Waals surface area contributed by atoms with Crippen LogP contribution in [0.2, 0.25) is 0 Å². The van der Waals surface area contributed by atoms with Crippen LogP contribution in [0.15, 0.2) is 60.7 Å². The molecule has 25 heavy (non-hydrogen) atoms. The molecule has 1 heterocycles. The maximum atomic E-state index is 6.05. The number of hydrogen-bond acceptors (Lipinski definition) is 4. The van der Waals surface area contributed by atoms with Gasteiger partial charge in [-0.3, -0.25) is 0 Å². The quantitative estimate of drug-likeness (QED) is 0.613. The summed E-state index contributed by atoms with van der Waals surface area (Å²) in [5.74, 6) is 1.65. The van der Waals surface area contributed by atoms with Crippen LogP contribution in [0, 0.1) is 6.92 Å². The van der Waals surface area contributed by atoms with Crippen LogP contribution >= 0.6 is 0 Å². The van der Waals surface area contributed by atoms with Gasteiger partial charge in [-0.05, 0) is 41.0 Å². The van der Waals surface area contributed by atoms with Crippen LogP contribution in [0.25, 0.3) is 5.76 Å². The van der Waals surface area contributed by atoms with E-state index in [1.165, 1.54) is 11.1 Å². The second-order valence-corrected chi connectivity index (χ2v) is 5.82. The van der Waals surface area contributed by atoms with E-state index in [2.05, 4.69) is 59.7 Å². The summed E-state index contributed by atoms with van der Waals surface area (Å²) < 4.78 is 7.76. The lowest BCUT2D eigenvalue weighted by Gasteiger charge is -2.13. The zero-order chi connectivity index (χ0) is 17.5. The Hall–Kier alpha value is -2.95. The molecule has 5 heteroatoms. The van der Waals surface area contributed by atoms with Crippen molar-refractivity contribution in [3.8, 4) is 0 Å². The van der Waals surface area contributed by atoms with Crippen molar-refractivity contribution in [2.45, 2.75) is 33.4 Å². The van der Waals surface area contributed by atoms with Gasteiger partial charge in [0.2, 0.25) is 0 Å². The predicted molar refractivity (Wildman–Crippen MR) is 97.6 cm³/mol. The van der Waals surface area contributed by atoms with Crippen molar-refractivity contribution in [1.82, 2.24) is 20.2 Å². The maximum absolute atomic E-state index is 6.05. The van der Waals surface area contributed by atoms with Gasteiger partial charge < -0.3 is 4.74 Å². The number of hydrogen-bond donors (Lipinski definition) is 0. The Morgan fingerprint density at radius 2 is 1.84 bits per heavy atom. The molecule has 0 aliphatic carbocycles. The summed E-state index contributed by atoms with van der Waals surface area (Å²) in [5.41, 5.74) is 3.45. The van der Waals surface area contributed by atoms with E-state index < -0.39 is 0 Å². The highest BCUT2D eigenvalue weighted by Gasteiger charge is 2.10. The Morgan fingerprint density at radius 1 is 1.08 bits per heavy atom. The first-order valence-electron chi connectivity index (χ1n) is 8.46. The lowest BCUT2D eigenvalue weighted by atomic mass is 10.1. The third kappa shape index (κ3) is 4.32. The molecule has 0 fully saturated rings. The van der Waals surface area contributed by atoms with Gasteiger partial charge in [0.25, 0.3) is 0 Å². The highest BCUT2D eigenvalue weighted by Crippen LogP contribution is 2.21. The number of nitrogens with zero attached hydrogens (tertiary/aromatic N) is 4. The van der Waals surface area contributed by atoms with Gasteiger partial charge in [0.15, 0.2) is 12.6 Å². The van der Waals surface area contributed by atoms with Gasteiger partial charge in [-0.2, -0.15) is 4.68 Å². The third-order valence-electron chi connectivity index (χ3n) is 3.95. The summed E-state index contributed by atoms with van der Waals surface area (Å²) in [6.07, 6.45) is 3.66. The molecule has 0 aliphatic heterocycles. The molecule has 2 aromatic carbocycles. The van der Waals surface area contributed by atoms with Gasteiger partial charge in [0.1, 0.15) is 5.76 Å². The Morgan fingerprint density at radius 3 is 2.60 bits per heavy atom. The average Bonchev–Trinajstić information content (AvgIpc) is 3.07. The van der Waals surface area contributed by atoms with E-state index in [0.717, 1.165) is 23.6 Å². The fourth-order valence-corrected chi connectivity index (χ4v) is 2.64. The molecule has 0 saturated heterocycles. The number of tetrazole rings is 1. The fourth-order valence-electron chi connectivity index (χ4n) is 2.64. The van der Waals surface area contributed by atoms with E-state index in [1.807, 2.05) is 30.3 Å². The molecule has 3 aromatic rings.